The van der Waals surface area contributed by atoms with E-state index in [1.807, 2.05) is 0 Å². The summed E-state index contributed by atoms with van der Waals surface area (Å²) in [7, 11) is 0. The van der Waals surface area contributed by atoms with Crippen molar-refractivity contribution in [1.29, 1.82) is 0 Å². The molecule has 2 nitrogen and oxygen atoms in total. The molecule has 4 aromatic carbocycles. The van der Waals surface area contributed by atoms with Crippen LogP contribution in [0.3, 0.4) is 0 Å². The number of azo groups is 1. The predicted molar refractivity (Wildman–Crippen MR) is 178 cm³/mol. The van der Waals surface area contributed by atoms with Crippen LogP contribution in [0.1, 0.15) is 87.6 Å². The molecule has 0 saturated carbocycles. The van der Waals surface area contributed by atoms with Gasteiger partial charge in [-0.1, -0.05) is 113 Å². The van der Waals surface area contributed by atoms with Gasteiger partial charge < -0.3 is 0 Å². The molecular formula is C39H46N2. The molecule has 0 aliphatic carbocycles. The maximum atomic E-state index is 4.82. The molecule has 0 aliphatic heterocycles. The van der Waals surface area contributed by atoms with Gasteiger partial charge in [0.1, 0.15) is 0 Å². The van der Waals surface area contributed by atoms with Crippen molar-refractivity contribution in [2.45, 2.75) is 86.0 Å². The monoisotopic (exact) mass is 542 g/mol. The number of hydrogen-bond acceptors (Lipinski definition) is 2. The first-order chi connectivity index (χ1) is 20.1. The minimum absolute atomic E-state index is 0.834. The first-order valence-corrected chi connectivity index (χ1v) is 15.6. The van der Waals surface area contributed by atoms with Gasteiger partial charge in [0.25, 0.3) is 0 Å². The summed E-state index contributed by atoms with van der Waals surface area (Å²) in [5.41, 5.74) is 13.8. The third-order valence-corrected chi connectivity index (χ3v) is 7.97. The van der Waals surface area contributed by atoms with Gasteiger partial charge in [-0.3, -0.25) is 0 Å². The summed E-state index contributed by atoms with van der Waals surface area (Å²) in [6.07, 6.45) is 11.2. The number of allylic oxidation sites excluding steroid dienone is 1. The van der Waals surface area contributed by atoms with Crippen molar-refractivity contribution in [3.63, 3.8) is 0 Å². The SMILES string of the molecule is CCCCc1cc(C=C(CC)N=Nc2cc(CC)c(-c3ccccc3)c(-c3ccccc3)c2)cc(CCCC)c1C. The Kier molecular flexibility index (Phi) is 11.3. The lowest BCUT2D eigenvalue weighted by atomic mass is 9.89. The average molecular weight is 543 g/mol. The van der Waals surface area contributed by atoms with Crippen molar-refractivity contribution in [3.8, 4) is 22.3 Å². The summed E-state index contributed by atoms with van der Waals surface area (Å²) >= 11 is 0. The van der Waals surface area contributed by atoms with E-state index in [4.69, 9.17) is 10.2 Å². The Morgan fingerprint density at radius 2 is 1.27 bits per heavy atom. The molecule has 41 heavy (non-hydrogen) atoms. The molecule has 0 spiro atoms. The summed E-state index contributed by atoms with van der Waals surface area (Å²) in [6, 6.07) is 30.5. The number of rotatable bonds is 13. The van der Waals surface area contributed by atoms with Crippen LogP contribution in [0.25, 0.3) is 28.3 Å². The van der Waals surface area contributed by atoms with Crippen LogP contribution in [-0.2, 0) is 19.3 Å². The van der Waals surface area contributed by atoms with E-state index in [0.717, 1.165) is 37.1 Å². The summed E-state index contributed by atoms with van der Waals surface area (Å²) in [5, 5.41) is 9.63. The number of nitrogens with zero attached hydrogens (tertiary/aromatic N) is 2. The van der Waals surface area contributed by atoms with Crippen molar-refractivity contribution in [1.82, 2.24) is 0 Å². The Morgan fingerprint density at radius 3 is 1.80 bits per heavy atom. The van der Waals surface area contributed by atoms with Crippen LogP contribution in [0, 0.1) is 6.92 Å². The molecule has 0 heterocycles. The largest absolute Gasteiger partial charge is 0.155 e. The predicted octanol–water partition coefficient (Wildman–Crippen LogP) is 12.1. The number of unbranched alkanes of at least 4 members (excludes halogenated alkanes) is 2. The van der Waals surface area contributed by atoms with Crippen molar-refractivity contribution >= 4 is 11.8 Å². The number of hydrogen-bond donors (Lipinski definition) is 0. The van der Waals surface area contributed by atoms with Gasteiger partial charge in [0.05, 0.1) is 11.4 Å². The van der Waals surface area contributed by atoms with Gasteiger partial charge in [0.2, 0.25) is 0 Å². The van der Waals surface area contributed by atoms with Crippen LogP contribution >= 0.6 is 0 Å². The highest BCUT2D eigenvalue weighted by Gasteiger charge is 2.14. The van der Waals surface area contributed by atoms with Crippen LogP contribution in [-0.4, -0.2) is 0 Å². The molecule has 4 aromatic rings. The summed E-state index contributed by atoms with van der Waals surface area (Å²) in [4.78, 5) is 0. The van der Waals surface area contributed by atoms with Crippen molar-refractivity contribution in [2.75, 3.05) is 0 Å². The molecule has 0 unspecified atom stereocenters. The molecule has 0 aromatic heterocycles. The van der Waals surface area contributed by atoms with Gasteiger partial charge in [-0.25, -0.2) is 0 Å². The van der Waals surface area contributed by atoms with Crippen molar-refractivity contribution in [3.05, 3.63) is 118 Å². The zero-order chi connectivity index (χ0) is 29.0. The van der Waals surface area contributed by atoms with E-state index in [0.29, 0.717) is 0 Å². The van der Waals surface area contributed by atoms with E-state index in [1.165, 1.54) is 75.8 Å². The molecule has 0 fully saturated rings. The standard InChI is InChI=1S/C39H46N2/c1-6-10-18-34-24-30(25-35(29(34)5)19-11-7-2)26-36(9-4)40-41-37-27-31(8-3)39(33-22-16-13-17-23-33)38(28-37)32-20-14-12-15-21-32/h12-17,20-28H,6-11,18-19H2,1-5H3. The molecule has 0 amide bonds. The fourth-order valence-electron chi connectivity index (χ4n) is 5.53. The smallest absolute Gasteiger partial charge is 0.0866 e. The second kappa shape index (κ2) is 15.3. The van der Waals surface area contributed by atoms with Gasteiger partial charge >= 0.3 is 0 Å². The van der Waals surface area contributed by atoms with E-state index in [1.54, 1.807) is 0 Å². The maximum absolute atomic E-state index is 4.82. The van der Waals surface area contributed by atoms with Crippen LogP contribution < -0.4 is 0 Å². The van der Waals surface area contributed by atoms with E-state index < -0.39 is 0 Å². The minimum atomic E-state index is 0.834. The fourth-order valence-corrected chi connectivity index (χ4v) is 5.53. The Morgan fingerprint density at radius 1 is 0.683 bits per heavy atom. The number of benzene rings is 4. The third-order valence-electron chi connectivity index (χ3n) is 7.97. The molecule has 0 aliphatic rings. The lowest BCUT2D eigenvalue weighted by molar-refractivity contribution is 0.773. The summed E-state index contributed by atoms with van der Waals surface area (Å²) < 4.78 is 0. The third kappa shape index (κ3) is 7.91. The van der Waals surface area contributed by atoms with Gasteiger partial charge in [-0.05, 0) is 114 Å². The normalized spacial score (nSPS) is 11.9. The molecule has 0 N–H and O–H groups in total. The van der Waals surface area contributed by atoms with E-state index in [2.05, 4.69) is 126 Å². The Hall–Kier alpha value is -3.78. The first-order valence-electron chi connectivity index (χ1n) is 15.6. The fraction of sp³-hybridized carbons (Fsp3) is 0.333. The molecule has 2 heteroatoms. The molecule has 0 saturated heterocycles. The molecule has 0 bridgehead atoms. The Balaban J connectivity index is 1.74. The molecule has 212 valence electrons. The minimum Gasteiger partial charge on any atom is -0.155 e. The van der Waals surface area contributed by atoms with Gasteiger partial charge in [-0.15, -0.1) is 0 Å². The van der Waals surface area contributed by atoms with Crippen LogP contribution in [0.2, 0.25) is 0 Å². The second-order valence-electron chi connectivity index (χ2n) is 11.0. The van der Waals surface area contributed by atoms with Crippen LogP contribution in [0.15, 0.2) is 101 Å². The first kappa shape index (κ1) is 30.2. The van der Waals surface area contributed by atoms with Gasteiger partial charge in [-0.2, -0.15) is 10.2 Å². The zero-order valence-corrected chi connectivity index (χ0v) is 25.7. The molecular weight excluding hydrogens is 496 g/mol. The van der Waals surface area contributed by atoms with Crippen LogP contribution in [0.5, 0.6) is 0 Å². The second-order valence-corrected chi connectivity index (χ2v) is 11.0. The highest BCUT2D eigenvalue weighted by Crippen LogP contribution is 2.39. The van der Waals surface area contributed by atoms with Crippen LogP contribution in [0.4, 0.5) is 5.69 Å². The summed E-state index contributed by atoms with van der Waals surface area (Å²) in [6.45, 7) is 11.2. The lowest BCUT2D eigenvalue weighted by Crippen LogP contribution is -1.98. The highest BCUT2D eigenvalue weighted by atomic mass is 15.1. The van der Waals surface area contributed by atoms with Crippen molar-refractivity contribution in [2.24, 2.45) is 10.2 Å². The summed E-state index contributed by atoms with van der Waals surface area (Å²) in [5.74, 6) is 0. The molecule has 4 rings (SSSR count). The maximum Gasteiger partial charge on any atom is 0.0866 e. The van der Waals surface area contributed by atoms with E-state index in [-0.39, 0.29) is 0 Å². The molecule has 0 radical (unpaired) electrons. The number of aryl methyl sites for hydroxylation is 3. The zero-order valence-electron chi connectivity index (χ0n) is 25.7. The quantitative estimate of drug-likeness (QED) is 0.150. The Labute approximate surface area is 248 Å². The van der Waals surface area contributed by atoms with Gasteiger partial charge in [0.15, 0.2) is 0 Å². The van der Waals surface area contributed by atoms with E-state index >= 15 is 0 Å². The molecule has 0 atom stereocenters. The topological polar surface area (TPSA) is 24.7 Å². The highest BCUT2D eigenvalue weighted by molar-refractivity contribution is 5.87. The van der Waals surface area contributed by atoms with Crippen molar-refractivity contribution < 1.29 is 0 Å². The van der Waals surface area contributed by atoms with Gasteiger partial charge in [0, 0.05) is 0 Å². The average Bonchev–Trinajstić information content (AvgIpc) is 3.02. The van der Waals surface area contributed by atoms with E-state index in [9.17, 15) is 0 Å². The lowest BCUT2D eigenvalue weighted by Gasteiger charge is -2.16. The Bertz CT molecular complexity index is 1430.